The van der Waals surface area contributed by atoms with Gasteiger partial charge in [-0.15, -0.1) is 0 Å². The maximum absolute atomic E-state index is 12.3. The van der Waals surface area contributed by atoms with E-state index in [1.54, 1.807) is 38.6 Å². The quantitative estimate of drug-likeness (QED) is 0.329. The van der Waals surface area contributed by atoms with Gasteiger partial charge in [-0.3, -0.25) is 4.79 Å². The first-order chi connectivity index (χ1) is 14.7. The lowest BCUT2D eigenvalue weighted by Gasteiger charge is -2.18. The second-order valence-electron chi connectivity index (χ2n) is 7.85. The van der Waals surface area contributed by atoms with Gasteiger partial charge in [0.05, 0.1) is 29.2 Å². The van der Waals surface area contributed by atoms with E-state index >= 15 is 0 Å². The Morgan fingerprint density at radius 2 is 1.97 bits per heavy atom. The van der Waals surface area contributed by atoms with Gasteiger partial charge in [0.15, 0.2) is 17.4 Å². The number of amides is 1. The van der Waals surface area contributed by atoms with Crippen molar-refractivity contribution in [3.05, 3.63) is 59.6 Å². The molecule has 0 fully saturated rings. The number of carbonyl (C=O) groups is 1. The molecule has 1 aromatic carbocycles. The van der Waals surface area contributed by atoms with Crippen LogP contribution in [0.5, 0.6) is 5.75 Å². The average Bonchev–Trinajstić information content (AvgIpc) is 3.36. The Kier molecular flexibility index (Phi) is 6.65. The van der Waals surface area contributed by atoms with Crippen LogP contribution in [-0.4, -0.2) is 38.8 Å². The largest absolute Gasteiger partial charge is 0.505 e. The standard InChI is InChI=1S/C22H27N5O3S/c1-12(2)14-10-17(30-11-14)18(13(3)4)24-21-20(25-31-26-21)23-16-9-7-8-15(19(16)28)22(29)27(5)6/h7-12,18,28H,3H2,1-2,4-6H3,(H,23,25)(H,24,26)/t18-/m1/s1. The molecule has 0 bridgehead atoms. The minimum absolute atomic E-state index is 0.149. The first-order valence-electron chi connectivity index (χ1n) is 9.82. The van der Waals surface area contributed by atoms with Crippen molar-refractivity contribution in [3.8, 4) is 5.75 Å². The van der Waals surface area contributed by atoms with E-state index in [-0.39, 0.29) is 23.3 Å². The molecular weight excluding hydrogens is 414 g/mol. The number of phenolic OH excluding ortho intramolecular Hbond substituents is 1. The molecule has 0 radical (unpaired) electrons. The minimum atomic E-state index is -0.299. The third-order valence-corrected chi connectivity index (χ3v) is 5.31. The number of hydrogen-bond acceptors (Lipinski definition) is 8. The highest BCUT2D eigenvalue weighted by molar-refractivity contribution is 6.99. The van der Waals surface area contributed by atoms with E-state index in [1.807, 2.05) is 13.0 Å². The van der Waals surface area contributed by atoms with Gasteiger partial charge in [0.25, 0.3) is 5.91 Å². The van der Waals surface area contributed by atoms with Crippen molar-refractivity contribution in [3.63, 3.8) is 0 Å². The lowest BCUT2D eigenvalue weighted by Crippen LogP contribution is -2.21. The van der Waals surface area contributed by atoms with Gasteiger partial charge >= 0.3 is 0 Å². The molecule has 31 heavy (non-hydrogen) atoms. The Morgan fingerprint density at radius 3 is 2.58 bits per heavy atom. The van der Waals surface area contributed by atoms with Gasteiger partial charge in [-0.1, -0.05) is 32.1 Å². The van der Waals surface area contributed by atoms with E-state index in [0.29, 0.717) is 23.2 Å². The van der Waals surface area contributed by atoms with Crippen LogP contribution >= 0.6 is 11.7 Å². The molecule has 1 amide bonds. The zero-order valence-electron chi connectivity index (χ0n) is 18.3. The Labute approximate surface area is 185 Å². The van der Waals surface area contributed by atoms with E-state index in [9.17, 15) is 9.90 Å². The lowest BCUT2D eigenvalue weighted by molar-refractivity contribution is 0.0824. The van der Waals surface area contributed by atoms with Crippen LogP contribution in [0.2, 0.25) is 0 Å². The number of carbonyl (C=O) groups excluding carboxylic acids is 1. The Balaban J connectivity index is 1.86. The topological polar surface area (TPSA) is 104 Å². The number of nitrogens with one attached hydrogen (secondary N) is 2. The van der Waals surface area contributed by atoms with Crippen LogP contribution < -0.4 is 10.6 Å². The maximum Gasteiger partial charge on any atom is 0.257 e. The fourth-order valence-corrected chi connectivity index (χ4v) is 3.42. The number of rotatable bonds is 8. The zero-order chi connectivity index (χ0) is 22.7. The number of aromatic hydroxyl groups is 1. The Morgan fingerprint density at radius 1 is 1.26 bits per heavy atom. The maximum atomic E-state index is 12.3. The molecular formula is C22H27N5O3S. The normalized spacial score (nSPS) is 11.9. The summed E-state index contributed by atoms with van der Waals surface area (Å²) in [6.45, 7) is 10.2. The van der Waals surface area contributed by atoms with Crippen molar-refractivity contribution in [2.24, 2.45) is 0 Å². The molecule has 3 aromatic rings. The van der Waals surface area contributed by atoms with Crippen LogP contribution in [0.4, 0.5) is 17.3 Å². The Hall–Kier alpha value is -3.33. The van der Waals surface area contributed by atoms with Gasteiger partial charge in [-0.2, -0.15) is 8.75 Å². The fraction of sp³-hybridized carbons (Fsp3) is 0.318. The molecule has 0 aliphatic carbocycles. The molecule has 164 valence electrons. The summed E-state index contributed by atoms with van der Waals surface area (Å²) in [5, 5.41) is 17.0. The monoisotopic (exact) mass is 441 g/mol. The van der Waals surface area contributed by atoms with Crippen molar-refractivity contribution in [2.75, 3.05) is 24.7 Å². The molecule has 0 spiro atoms. The number of furan rings is 1. The number of nitrogens with zero attached hydrogens (tertiary/aromatic N) is 3. The van der Waals surface area contributed by atoms with Crippen LogP contribution in [-0.2, 0) is 0 Å². The minimum Gasteiger partial charge on any atom is -0.505 e. The number of hydrogen-bond donors (Lipinski definition) is 3. The molecule has 1 atom stereocenters. The molecule has 0 aliphatic rings. The molecule has 2 aromatic heterocycles. The second kappa shape index (κ2) is 9.22. The highest BCUT2D eigenvalue weighted by Gasteiger charge is 2.22. The molecule has 0 aliphatic heterocycles. The van der Waals surface area contributed by atoms with Gasteiger partial charge in [-0.25, -0.2) is 0 Å². The highest BCUT2D eigenvalue weighted by atomic mass is 32.1. The van der Waals surface area contributed by atoms with Crippen molar-refractivity contribution in [2.45, 2.75) is 32.7 Å². The van der Waals surface area contributed by atoms with Crippen LogP contribution in [0.1, 0.15) is 54.4 Å². The first-order valence-corrected chi connectivity index (χ1v) is 10.6. The summed E-state index contributed by atoms with van der Waals surface area (Å²) in [6.07, 6.45) is 1.75. The highest BCUT2D eigenvalue weighted by Crippen LogP contribution is 2.35. The second-order valence-corrected chi connectivity index (χ2v) is 8.38. The van der Waals surface area contributed by atoms with E-state index in [0.717, 1.165) is 28.6 Å². The number of benzene rings is 1. The summed E-state index contributed by atoms with van der Waals surface area (Å²) in [5.41, 5.74) is 2.51. The molecule has 0 unspecified atom stereocenters. The van der Waals surface area contributed by atoms with E-state index in [1.165, 1.54) is 4.90 Å². The molecule has 3 rings (SSSR count). The SMILES string of the molecule is C=C(C)[C@@H](Nc1nsnc1Nc1cccc(C(=O)N(C)C)c1O)c1cc(C(C)C)co1. The summed E-state index contributed by atoms with van der Waals surface area (Å²) in [7, 11) is 3.26. The van der Waals surface area contributed by atoms with Gasteiger partial charge < -0.3 is 25.1 Å². The van der Waals surface area contributed by atoms with Crippen LogP contribution in [0.25, 0.3) is 0 Å². The summed E-state index contributed by atoms with van der Waals surface area (Å²) >= 11 is 1.02. The smallest absolute Gasteiger partial charge is 0.257 e. The number of aromatic nitrogens is 2. The summed E-state index contributed by atoms with van der Waals surface area (Å²) in [5.74, 6) is 1.56. The first kappa shape index (κ1) is 22.4. The van der Waals surface area contributed by atoms with Crippen molar-refractivity contribution >= 4 is 35.0 Å². The van der Waals surface area contributed by atoms with Gasteiger partial charge in [0.1, 0.15) is 11.8 Å². The molecule has 8 nitrogen and oxygen atoms in total. The molecule has 0 saturated carbocycles. The lowest BCUT2D eigenvalue weighted by atomic mass is 10.0. The average molecular weight is 442 g/mol. The van der Waals surface area contributed by atoms with E-state index in [4.69, 9.17) is 4.42 Å². The zero-order valence-corrected chi connectivity index (χ0v) is 19.1. The van der Waals surface area contributed by atoms with Crippen LogP contribution in [0.15, 0.2) is 47.1 Å². The third-order valence-electron chi connectivity index (χ3n) is 4.78. The van der Waals surface area contributed by atoms with Gasteiger partial charge in [-0.05, 0) is 36.6 Å². The summed E-state index contributed by atoms with van der Waals surface area (Å²) < 4.78 is 14.4. The number of anilines is 3. The molecule has 2 heterocycles. The van der Waals surface area contributed by atoms with Crippen molar-refractivity contribution < 1.29 is 14.3 Å². The van der Waals surface area contributed by atoms with Crippen molar-refractivity contribution in [1.82, 2.24) is 13.6 Å². The van der Waals surface area contributed by atoms with E-state index < -0.39 is 0 Å². The number of phenols is 1. The number of para-hydroxylation sites is 1. The molecule has 0 saturated heterocycles. The van der Waals surface area contributed by atoms with E-state index in [2.05, 4.69) is 39.8 Å². The fourth-order valence-electron chi connectivity index (χ4n) is 2.95. The summed E-state index contributed by atoms with van der Waals surface area (Å²) in [4.78, 5) is 13.7. The van der Waals surface area contributed by atoms with Crippen LogP contribution in [0.3, 0.4) is 0 Å². The van der Waals surface area contributed by atoms with Crippen LogP contribution in [0, 0.1) is 0 Å². The predicted octanol–water partition coefficient (Wildman–Crippen LogP) is 5.13. The molecule has 3 N–H and O–H groups in total. The third kappa shape index (κ3) is 4.88. The Bertz CT molecular complexity index is 1090. The predicted molar refractivity (Wildman–Crippen MR) is 123 cm³/mol. The van der Waals surface area contributed by atoms with Crippen molar-refractivity contribution in [1.29, 1.82) is 0 Å². The van der Waals surface area contributed by atoms with Gasteiger partial charge in [0.2, 0.25) is 0 Å². The summed E-state index contributed by atoms with van der Waals surface area (Å²) in [6, 6.07) is 6.64. The molecule has 9 heteroatoms. The van der Waals surface area contributed by atoms with Gasteiger partial charge in [0, 0.05) is 14.1 Å².